The fourth-order valence-electron chi connectivity index (χ4n) is 1.68. The molecule has 2 rings (SSSR count). The third-order valence-corrected chi connectivity index (χ3v) is 2.29. The van der Waals surface area contributed by atoms with Crippen molar-refractivity contribution in [2.45, 2.75) is 6.42 Å². The number of fused-ring (bicyclic) bond motifs is 1. The van der Waals surface area contributed by atoms with Crippen LogP contribution in [0.15, 0.2) is 18.2 Å². The number of nitrogens with zero attached hydrogens (tertiary/aromatic N) is 1. The van der Waals surface area contributed by atoms with Gasteiger partial charge in [0, 0.05) is 5.69 Å². The molecule has 78 valence electrons. The fourth-order valence-corrected chi connectivity index (χ4v) is 1.68. The molecule has 2 amide bonds. The number of halogens is 1. The Hall–Kier alpha value is -1.91. The Kier molecular flexibility index (Phi) is 2.15. The Morgan fingerprint density at radius 3 is 2.93 bits per heavy atom. The van der Waals surface area contributed by atoms with E-state index in [2.05, 4.69) is 0 Å². The molecule has 15 heavy (non-hydrogen) atoms. The average molecular weight is 208 g/mol. The topological polar surface area (TPSA) is 63.4 Å². The summed E-state index contributed by atoms with van der Waals surface area (Å²) in [6.45, 7) is -0.155. The molecule has 0 atom stereocenters. The van der Waals surface area contributed by atoms with Crippen molar-refractivity contribution in [2.75, 3.05) is 11.4 Å². The van der Waals surface area contributed by atoms with E-state index in [1.165, 1.54) is 23.1 Å². The van der Waals surface area contributed by atoms with Crippen LogP contribution in [0, 0.1) is 5.82 Å². The molecular weight excluding hydrogens is 199 g/mol. The summed E-state index contributed by atoms with van der Waals surface area (Å²) < 4.78 is 12.9. The number of amides is 2. The highest BCUT2D eigenvalue weighted by Crippen LogP contribution is 2.28. The first kappa shape index (κ1) is 9.64. The van der Waals surface area contributed by atoms with Crippen molar-refractivity contribution >= 4 is 17.5 Å². The molecule has 5 heteroatoms. The number of anilines is 1. The Morgan fingerprint density at radius 1 is 1.53 bits per heavy atom. The van der Waals surface area contributed by atoms with Crippen LogP contribution < -0.4 is 10.6 Å². The molecule has 0 saturated carbocycles. The van der Waals surface area contributed by atoms with Crippen LogP contribution in [0.1, 0.15) is 5.56 Å². The highest BCUT2D eigenvalue weighted by Gasteiger charge is 2.28. The second kappa shape index (κ2) is 3.34. The number of carbonyl (C=O) groups is 2. The van der Waals surface area contributed by atoms with E-state index in [1.54, 1.807) is 0 Å². The number of rotatable bonds is 2. The van der Waals surface area contributed by atoms with Crippen molar-refractivity contribution in [3.8, 4) is 0 Å². The molecular formula is C10H9FN2O2. The molecule has 0 unspecified atom stereocenters. The Morgan fingerprint density at radius 2 is 2.27 bits per heavy atom. The summed E-state index contributed by atoms with van der Waals surface area (Å²) in [6.07, 6.45) is 0.125. The lowest BCUT2D eigenvalue weighted by Crippen LogP contribution is -2.35. The maximum Gasteiger partial charge on any atom is 0.237 e. The maximum atomic E-state index is 12.9. The van der Waals surface area contributed by atoms with Crippen molar-refractivity contribution in [1.29, 1.82) is 0 Å². The summed E-state index contributed by atoms with van der Waals surface area (Å²) in [7, 11) is 0. The van der Waals surface area contributed by atoms with Crippen molar-refractivity contribution in [2.24, 2.45) is 5.73 Å². The zero-order valence-electron chi connectivity index (χ0n) is 7.87. The van der Waals surface area contributed by atoms with Gasteiger partial charge in [0.25, 0.3) is 0 Å². The predicted molar refractivity (Wildman–Crippen MR) is 51.7 cm³/mol. The third-order valence-electron chi connectivity index (χ3n) is 2.29. The van der Waals surface area contributed by atoms with Gasteiger partial charge in [0.05, 0.1) is 6.42 Å². The lowest BCUT2D eigenvalue weighted by Gasteiger charge is -2.14. The second-order valence-corrected chi connectivity index (χ2v) is 3.40. The van der Waals surface area contributed by atoms with Crippen LogP contribution in [-0.2, 0) is 16.0 Å². The average Bonchev–Trinajstić information content (AvgIpc) is 2.41. The Labute approximate surface area is 85.5 Å². The van der Waals surface area contributed by atoms with Crippen LogP contribution in [0.4, 0.5) is 10.1 Å². The number of primary amides is 1. The molecule has 1 heterocycles. The minimum absolute atomic E-state index is 0.125. The first-order valence-corrected chi connectivity index (χ1v) is 4.45. The van der Waals surface area contributed by atoms with Gasteiger partial charge in [0.1, 0.15) is 12.4 Å². The van der Waals surface area contributed by atoms with Crippen LogP contribution in [0.3, 0.4) is 0 Å². The van der Waals surface area contributed by atoms with Crippen molar-refractivity contribution in [3.05, 3.63) is 29.6 Å². The lowest BCUT2D eigenvalue weighted by molar-refractivity contribution is -0.121. The number of nitrogens with two attached hydrogens (primary N) is 1. The first-order valence-electron chi connectivity index (χ1n) is 4.45. The van der Waals surface area contributed by atoms with Crippen molar-refractivity contribution in [1.82, 2.24) is 0 Å². The predicted octanol–water partition coefficient (Wildman–Crippen LogP) is 0.200. The normalized spacial score (nSPS) is 14.2. The smallest absolute Gasteiger partial charge is 0.237 e. The molecule has 0 fully saturated rings. The minimum atomic E-state index is -0.583. The van der Waals surface area contributed by atoms with Gasteiger partial charge in [-0.25, -0.2) is 4.39 Å². The molecule has 4 nitrogen and oxygen atoms in total. The SMILES string of the molecule is NC(=O)CN1C(=O)Cc2cc(F)ccc21. The zero-order valence-corrected chi connectivity index (χ0v) is 7.87. The standard InChI is InChI=1S/C10H9FN2O2/c11-7-1-2-8-6(3-7)4-10(15)13(8)5-9(12)14/h1-3H,4-5H2,(H2,12,14). The van der Waals surface area contributed by atoms with Crippen LogP contribution in [-0.4, -0.2) is 18.4 Å². The van der Waals surface area contributed by atoms with Crippen LogP contribution in [0.5, 0.6) is 0 Å². The Bertz CT molecular complexity index is 445. The van der Waals surface area contributed by atoms with Crippen LogP contribution >= 0.6 is 0 Å². The van der Waals surface area contributed by atoms with E-state index in [4.69, 9.17) is 5.73 Å². The number of benzene rings is 1. The number of carbonyl (C=O) groups excluding carboxylic acids is 2. The van der Waals surface area contributed by atoms with Gasteiger partial charge in [0.15, 0.2) is 0 Å². The summed E-state index contributed by atoms with van der Waals surface area (Å²) in [5.74, 6) is -1.20. The second-order valence-electron chi connectivity index (χ2n) is 3.40. The van der Waals surface area contributed by atoms with E-state index in [-0.39, 0.29) is 24.7 Å². The van der Waals surface area contributed by atoms with Crippen LogP contribution in [0.2, 0.25) is 0 Å². The quantitative estimate of drug-likeness (QED) is 0.754. The highest BCUT2D eigenvalue weighted by molar-refractivity contribution is 6.04. The molecule has 1 aliphatic heterocycles. The van der Waals surface area contributed by atoms with E-state index in [0.29, 0.717) is 11.3 Å². The van der Waals surface area contributed by atoms with Gasteiger partial charge in [-0.05, 0) is 23.8 Å². The fraction of sp³-hybridized carbons (Fsp3) is 0.200. The van der Waals surface area contributed by atoms with Gasteiger partial charge in [0.2, 0.25) is 11.8 Å². The van der Waals surface area contributed by atoms with Gasteiger partial charge in [-0.15, -0.1) is 0 Å². The van der Waals surface area contributed by atoms with Crippen molar-refractivity contribution in [3.63, 3.8) is 0 Å². The van der Waals surface area contributed by atoms with Gasteiger partial charge in [-0.3, -0.25) is 9.59 Å². The molecule has 0 saturated heterocycles. The summed E-state index contributed by atoms with van der Waals surface area (Å²) in [5.41, 5.74) is 6.18. The van der Waals surface area contributed by atoms with E-state index in [0.717, 1.165) is 0 Å². The van der Waals surface area contributed by atoms with Gasteiger partial charge >= 0.3 is 0 Å². The number of hydrogen-bond donors (Lipinski definition) is 1. The van der Waals surface area contributed by atoms with Gasteiger partial charge in [-0.2, -0.15) is 0 Å². The molecule has 0 spiro atoms. The summed E-state index contributed by atoms with van der Waals surface area (Å²) in [5, 5.41) is 0. The molecule has 2 N–H and O–H groups in total. The molecule has 0 radical (unpaired) electrons. The van der Waals surface area contributed by atoms with Gasteiger partial charge < -0.3 is 10.6 Å². The van der Waals surface area contributed by atoms with E-state index < -0.39 is 5.91 Å². The van der Waals surface area contributed by atoms with Gasteiger partial charge in [-0.1, -0.05) is 0 Å². The molecule has 1 aliphatic rings. The first-order chi connectivity index (χ1) is 7.08. The lowest BCUT2D eigenvalue weighted by atomic mass is 10.1. The Balaban J connectivity index is 2.37. The summed E-state index contributed by atoms with van der Waals surface area (Å²) in [4.78, 5) is 23.5. The monoisotopic (exact) mass is 208 g/mol. The minimum Gasteiger partial charge on any atom is -0.368 e. The molecule has 1 aromatic rings. The van der Waals surface area contributed by atoms with E-state index >= 15 is 0 Å². The zero-order chi connectivity index (χ0) is 11.0. The van der Waals surface area contributed by atoms with E-state index in [9.17, 15) is 14.0 Å². The third kappa shape index (κ3) is 1.68. The molecule has 1 aromatic carbocycles. The van der Waals surface area contributed by atoms with E-state index in [1.807, 2.05) is 0 Å². The number of hydrogen-bond acceptors (Lipinski definition) is 2. The molecule has 0 aromatic heterocycles. The summed E-state index contributed by atoms with van der Waals surface area (Å²) >= 11 is 0. The van der Waals surface area contributed by atoms with Crippen molar-refractivity contribution < 1.29 is 14.0 Å². The van der Waals surface area contributed by atoms with Crippen LogP contribution in [0.25, 0.3) is 0 Å². The molecule has 0 aliphatic carbocycles. The molecule has 0 bridgehead atoms. The highest BCUT2D eigenvalue weighted by atomic mass is 19.1. The largest absolute Gasteiger partial charge is 0.368 e. The maximum absolute atomic E-state index is 12.9. The summed E-state index contributed by atoms with van der Waals surface area (Å²) in [6, 6.07) is 4.04.